The standard InChI is InChI=1S/C17H25N3O2/c1-3-19-10-11-22-16(12-19)17(21)20(14-7-8-14)13(2)15-6-4-5-9-18-15/h4-6,9,13-14,16H,3,7-8,10-12H2,1-2H3/t13-,16+/m0/s1. The Morgan fingerprint density at radius 2 is 2.32 bits per heavy atom. The molecule has 1 aliphatic carbocycles. The number of morpholine rings is 1. The molecule has 1 aromatic heterocycles. The van der Waals surface area contributed by atoms with E-state index in [0.29, 0.717) is 19.2 Å². The molecule has 0 N–H and O–H groups in total. The van der Waals surface area contributed by atoms with Crippen LogP contribution in [-0.4, -0.2) is 59.1 Å². The minimum atomic E-state index is -0.333. The zero-order valence-corrected chi connectivity index (χ0v) is 13.4. The Kier molecular flexibility index (Phi) is 4.74. The summed E-state index contributed by atoms with van der Waals surface area (Å²) in [5.41, 5.74) is 0.950. The Balaban J connectivity index is 1.74. The van der Waals surface area contributed by atoms with Crippen molar-refractivity contribution in [1.82, 2.24) is 14.8 Å². The fraction of sp³-hybridized carbons (Fsp3) is 0.647. The summed E-state index contributed by atoms with van der Waals surface area (Å²) in [5.74, 6) is 0.124. The van der Waals surface area contributed by atoms with Gasteiger partial charge in [0.1, 0.15) is 6.10 Å². The van der Waals surface area contributed by atoms with Gasteiger partial charge < -0.3 is 9.64 Å². The van der Waals surface area contributed by atoms with Crippen LogP contribution in [0, 0.1) is 0 Å². The maximum Gasteiger partial charge on any atom is 0.253 e. The van der Waals surface area contributed by atoms with Gasteiger partial charge in [0.2, 0.25) is 0 Å². The van der Waals surface area contributed by atoms with E-state index in [1.807, 2.05) is 23.1 Å². The van der Waals surface area contributed by atoms with Crippen LogP contribution < -0.4 is 0 Å². The Labute approximate surface area is 132 Å². The Hall–Kier alpha value is -1.46. The fourth-order valence-corrected chi connectivity index (χ4v) is 3.11. The molecule has 2 aliphatic rings. The van der Waals surface area contributed by atoms with Crippen LogP contribution in [0.25, 0.3) is 0 Å². The molecule has 22 heavy (non-hydrogen) atoms. The van der Waals surface area contributed by atoms with E-state index in [1.54, 1.807) is 6.20 Å². The summed E-state index contributed by atoms with van der Waals surface area (Å²) >= 11 is 0. The number of carbonyl (C=O) groups excluding carboxylic acids is 1. The molecule has 1 aliphatic heterocycles. The molecule has 0 aromatic carbocycles. The maximum absolute atomic E-state index is 13.0. The van der Waals surface area contributed by atoms with E-state index in [-0.39, 0.29) is 18.1 Å². The zero-order chi connectivity index (χ0) is 15.5. The van der Waals surface area contributed by atoms with E-state index in [1.165, 1.54) is 0 Å². The predicted molar refractivity (Wildman–Crippen MR) is 84.4 cm³/mol. The van der Waals surface area contributed by atoms with Gasteiger partial charge in [-0.3, -0.25) is 14.7 Å². The highest BCUT2D eigenvalue weighted by molar-refractivity contribution is 5.82. The lowest BCUT2D eigenvalue weighted by molar-refractivity contribution is -0.152. The van der Waals surface area contributed by atoms with Gasteiger partial charge in [-0.1, -0.05) is 13.0 Å². The highest BCUT2D eigenvalue weighted by Gasteiger charge is 2.40. The van der Waals surface area contributed by atoms with Crippen molar-refractivity contribution in [2.45, 2.75) is 44.9 Å². The first-order chi connectivity index (χ1) is 10.7. The van der Waals surface area contributed by atoms with Gasteiger partial charge in [-0.15, -0.1) is 0 Å². The SMILES string of the molecule is CCN1CCO[C@@H](C(=O)N(C2CC2)[C@@H](C)c2ccccn2)C1. The molecule has 2 atom stereocenters. The van der Waals surface area contributed by atoms with E-state index >= 15 is 0 Å². The molecule has 5 nitrogen and oxygen atoms in total. The molecule has 0 unspecified atom stereocenters. The van der Waals surface area contributed by atoms with Gasteiger partial charge in [0.25, 0.3) is 5.91 Å². The number of rotatable bonds is 5. The average Bonchev–Trinajstić information content (AvgIpc) is 3.40. The summed E-state index contributed by atoms with van der Waals surface area (Å²) in [4.78, 5) is 21.7. The summed E-state index contributed by atoms with van der Waals surface area (Å²) in [5, 5.41) is 0. The van der Waals surface area contributed by atoms with Crippen molar-refractivity contribution in [3.63, 3.8) is 0 Å². The smallest absolute Gasteiger partial charge is 0.253 e. The summed E-state index contributed by atoms with van der Waals surface area (Å²) < 4.78 is 5.76. The lowest BCUT2D eigenvalue weighted by atomic mass is 10.1. The van der Waals surface area contributed by atoms with Gasteiger partial charge in [-0.05, 0) is 38.4 Å². The molecule has 0 radical (unpaired) electrons. The summed E-state index contributed by atoms with van der Waals surface area (Å²) in [7, 11) is 0. The van der Waals surface area contributed by atoms with E-state index in [0.717, 1.165) is 31.6 Å². The number of hydrogen-bond donors (Lipinski definition) is 0. The van der Waals surface area contributed by atoms with Crippen molar-refractivity contribution in [2.24, 2.45) is 0 Å². The Morgan fingerprint density at radius 3 is 2.95 bits per heavy atom. The van der Waals surface area contributed by atoms with Crippen LogP contribution in [0.15, 0.2) is 24.4 Å². The first kappa shape index (κ1) is 15.4. The van der Waals surface area contributed by atoms with E-state index in [2.05, 4.69) is 23.7 Å². The molecule has 3 rings (SSSR count). The molecule has 2 fully saturated rings. The fourth-order valence-electron chi connectivity index (χ4n) is 3.11. The van der Waals surface area contributed by atoms with Crippen LogP contribution in [-0.2, 0) is 9.53 Å². The molecule has 1 amide bonds. The number of ether oxygens (including phenoxy) is 1. The molecule has 120 valence electrons. The maximum atomic E-state index is 13.0. The molecule has 5 heteroatoms. The van der Waals surface area contributed by atoms with Crippen LogP contribution in [0.1, 0.15) is 38.4 Å². The van der Waals surface area contributed by atoms with Crippen LogP contribution in [0.3, 0.4) is 0 Å². The van der Waals surface area contributed by atoms with Gasteiger partial charge in [0, 0.05) is 25.3 Å². The van der Waals surface area contributed by atoms with Gasteiger partial charge in [0.15, 0.2) is 0 Å². The van der Waals surface area contributed by atoms with Gasteiger partial charge in [-0.2, -0.15) is 0 Å². The largest absolute Gasteiger partial charge is 0.366 e. The van der Waals surface area contributed by atoms with Crippen LogP contribution in [0.4, 0.5) is 0 Å². The molecule has 0 bridgehead atoms. The normalized spacial score (nSPS) is 24.0. The number of aromatic nitrogens is 1. The topological polar surface area (TPSA) is 45.7 Å². The zero-order valence-electron chi connectivity index (χ0n) is 13.4. The molecule has 1 saturated heterocycles. The predicted octanol–water partition coefficient (Wildman–Crippen LogP) is 1.85. The Morgan fingerprint density at radius 1 is 1.50 bits per heavy atom. The third kappa shape index (κ3) is 3.31. The second-order valence-electron chi connectivity index (χ2n) is 6.16. The highest BCUT2D eigenvalue weighted by atomic mass is 16.5. The number of hydrogen-bond acceptors (Lipinski definition) is 4. The first-order valence-corrected chi connectivity index (χ1v) is 8.27. The van der Waals surface area contributed by atoms with Crippen LogP contribution in [0.2, 0.25) is 0 Å². The second-order valence-corrected chi connectivity index (χ2v) is 6.16. The van der Waals surface area contributed by atoms with Crippen molar-refractivity contribution >= 4 is 5.91 Å². The van der Waals surface area contributed by atoms with Crippen LogP contribution in [0.5, 0.6) is 0 Å². The van der Waals surface area contributed by atoms with E-state index in [9.17, 15) is 4.79 Å². The number of carbonyl (C=O) groups is 1. The first-order valence-electron chi connectivity index (χ1n) is 8.27. The number of amides is 1. The molecular formula is C17H25N3O2. The van der Waals surface area contributed by atoms with Gasteiger partial charge in [0.05, 0.1) is 18.3 Å². The van der Waals surface area contributed by atoms with Gasteiger partial charge >= 0.3 is 0 Å². The van der Waals surface area contributed by atoms with Gasteiger partial charge in [-0.25, -0.2) is 0 Å². The Bertz CT molecular complexity index is 504. The number of nitrogens with zero attached hydrogens (tertiary/aromatic N) is 3. The van der Waals surface area contributed by atoms with Crippen molar-refractivity contribution in [1.29, 1.82) is 0 Å². The van der Waals surface area contributed by atoms with Crippen LogP contribution >= 0.6 is 0 Å². The molecule has 0 spiro atoms. The summed E-state index contributed by atoms with van der Waals surface area (Å²) in [6.45, 7) is 7.42. The van der Waals surface area contributed by atoms with E-state index < -0.39 is 0 Å². The summed E-state index contributed by atoms with van der Waals surface area (Å²) in [6.07, 6.45) is 3.64. The second kappa shape index (κ2) is 6.75. The van der Waals surface area contributed by atoms with Crippen molar-refractivity contribution < 1.29 is 9.53 Å². The lowest BCUT2D eigenvalue weighted by Gasteiger charge is -2.36. The molecule has 1 aromatic rings. The lowest BCUT2D eigenvalue weighted by Crippen LogP contribution is -2.52. The molecule has 1 saturated carbocycles. The number of pyridine rings is 1. The third-order valence-electron chi connectivity index (χ3n) is 4.60. The highest BCUT2D eigenvalue weighted by Crippen LogP contribution is 2.34. The minimum absolute atomic E-state index is 0.00167. The van der Waals surface area contributed by atoms with Crippen molar-refractivity contribution in [3.05, 3.63) is 30.1 Å². The summed E-state index contributed by atoms with van der Waals surface area (Å²) in [6, 6.07) is 6.23. The average molecular weight is 303 g/mol. The van der Waals surface area contributed by atoms with Crippen molar-refractivity contribution in [3.8, 4) is 0 Å². The minimum Gasteiger partial charge on any atom is -0.366 e. The van der Waals surface area contributed by atoms with Crippen molar-refractivity contribution in [2.75, 3.05) is 26.2 Å². The third-order valence-corrected chi connectivity index (χ3v) is 4.60. The quantitative estimate of drug-likeness (QED) is 0.833. The number of likely N-dealkylation sites (N-methyl/N-ethyl adjacent to an activating group) is 1. The molecule has 2 heterocycles. The van der Waals surface area contributed by atoms with E-state index in [4.69, 9.17) is 4.74 Å². The monoisotopic (exact) mass is 303 g/mol. The molecular weight excluding hydrogens is 278 g/mol.